The van der Waals surface area contributed by atoms with Crippen LogP contribution in [0.15, 0.2) is 54.6 Å². The van der Waals surface area contributed by atoms with Crippen LogP contribution in [0.2, 0.25) is 5.02 Å². The molecule has 2 fully saturated rings. The molecular formula is C25H21ClN2O5. The third kappa shape index (κ3) is 3.62. The zero-order chi connectivity index (χ0) is 23.3. The molecule has 0 unspecified atom stereocenters. The van der Waals surface area contributed by atoms with Crippen molar-refractivity contribution in [3.63, 3.8) is 0 Å². The SMILES string of the molecule is Cc1c(Cl)cccc1NC(=O)COC(=O)c1cccc(N2C(=O)[C@@H]3[C@@H](C2=O)[C@H]2C=C[C@H]3C2)c1. The van der Waals surface area contributed by atoms with Gasteiger partial charge in [-0.15, -0.1) is 0 Å². The molecule has 1 saturated carbocycles. The van der Waals surface area contributed by atoms with E-state index < -0.39 is 18.5 Å². The van der Waals surface area contributed by atoms with Crippen LogP contribution in [0, 0.1) is 30.6 Å². The summed E-state index contributed by atoms with van der Waals surface area (Å²) in [4.78, 5) is 51.9. The average molecular weight is 465 g/mol. The van der Waals surface area contributed by atoms with E-state index in [1.54, 1.807) is 37.3 Å². The molecule has 1 N–H and O–H groups in total. The molecule has 2 bridgehead atoms. The first-order valence-corrected chi connectivity index (χ1v) is 11.1. The predicted octanol–water partition coefficient (Wildman–Crippen LogP) is 3.76. The third-order valence-electron chi connectivity index (χ3n) is 6.69. The number of hydrogen-bond donors (Lipinski definition) is 1. The number of hydrogen-bond acceptors (Lipinski definition) is 5. The Bertz CT molecular complexity index is 1190. The Morgan fingerprint density at radius 1 is 1.06 bits per heavy atom. The molecule has 2 aromatic carbocycles. The lowest BCUT2D eigenvalue weighted by atomic mass is 9.85. The zero-order valence-electron chi connectivity index (χ0n) is 17.8. The highest BCUT2D eigenvalue weighted by Gasteiger charge is 2.59. The van der Waals surface area contributed by atoms with E-state index in [0.717, 1.165) is 6.42 Å². The van der Waals surface area contributed by atoms with Crippen LogP contribution >= 0.6 is 11.6 Å². The average Bonchev–Trinajstić information content (AvgIpc) is 3.49. The van der Waals surface area contributed by atoms with Crippen LogP contribution in [0.3, 0.4) is 0 Å². The predicted molar refractivity (Wildman–Crippen MR) is 122 cm³/mol. The van der Waals surface area contributed by atoms with E-state index in [4.69, 9.17) is 16.3 Å². The Morgan fingerprint density at radius 2 is 1.73 bits per heavy atom. The maximum atomic E-state index is 13.0. The number of carbonyl (C=O) groups is 4. The van der Waals surface area contributed by atoms with E-state index >= 15 is 0 Å². The number of amides is 3. The molecule has 8 heteroatoms. The van der Waals surface area contributed by atoms with Gasteiger partial charge in [0.2, 0.25) is 11.8 Å². The molecule has 0 spiro atoms. The number of fused-ring (bicyclic) bond motifs is 5. The molecule has 1 aliphatic heterocycles. The van der Waals surface area contributed by atoms with Gasteiger partial charge < -0.3 is 10.1 Å². The number of imide groups is 1. The number of halogens is 1. The van der Waals surface area contributed by atoms with Gasteiger partial charge in [-0.1, -0.05) is 35.9 Å². The standard InChI is InChI=1S/C25H21ClN2O5/c1-13-18(26)6-3-7-19(13)27-20(29)12-33-25(32)16-4-2-5-17(11-16)28-23(30)21-14-8-9-15(10-14)22(21)24(28)31/h2-9,11,14-15,21-22H,10,12H2,1H3,(H,27,29)/t14-,15-,21-,22-/m0/s1. The van der Waals surface area contributed by atoms with Gasteiger partial charge in [-0.2, -0.15) is 0 Å². The number of carbonyl (C=O) groups excluding carboxylic acids is 4. The minimum Gasteiger partial charge on any atom is -0.452 e. The van der Waals surface area contributed by atoms with Gasteiger partial charge in [0, 0.05) is 10.7 Å². The van der Waals surface area contributed by atoms with Crippen molar-refractivity contribution in [1.29, 1.82) is 0 Å². The van der Waals surface area contributed by atoms with Crippen molar-refractivity contribution in [2.45, 2.75) is 13.3 Å². The number of esters is 1. The summed E-state index contributed by atoms with van der Waals surface area (Å²) in [5, 5.41) is 3.17. The maximum absolute atomic E-state index is 13.0. The highest BCUT2D eigenvalue weighted by atomic mass is 35.5. The first kappa shape index (κ1) is 21.4. The van der Waals surface area contributed by atoms with E-state index in [-0.39, 0.29) is 41.0 Å². The van der Waals surface area contributed by atoms with Gasteiger partial charge in [0.25, 0.3) is 5.91 Å². The summed E-state index contributed by atoms with van der Waals surface area (Å²) in [6.45, 7) is 1.28. The molecule has 7 nitrogen and oxygen atoms in total. The van der Waals surface area contributed by atoms with Crippen LogP contribution in [-0.4, -0.2) is 30.3 Å². The Morgan fingerprint density at radius 3 is 2.42 bits per heavy atom. The van der Waals surface area contributed by atoms with Crippen molar-refractivity contribution >= 4 is 46.7 Å². The molecule has 5 rings (SSSR count). The van der Waals surface area contributed by atoms with Crippen molar-refractivity contribution in [1.82, 2.24) is 0 Å². The van der Waals surface area contributed by atoms with Crippen LogP contribution < -0.4 is 10.2 Å². The lowest BCUT2D eigenvalue weighted by Gasteiger charge is -2.18. The Kier molecular flexibility index (Phi) is 5.29. The van der Waals surface area contributed by atoms with E-state index in [0.29, 0.717) is 22.0 Å². The molecule has 168 valence electrons. The lowest BCUT2D eigenvalue weighted by Crippen LogP contribution is -2.33. The van der Waals surface area contributed by atoms with Crippen molar-refractivity contribution in [2.75, 3.05) is 16.8 Å². The van der Waals surface area contributed by atoms with E-state index in [1.165, 1.54) is 17.0 Å². The first-order chi connectivity index (χ1) is 15.8. The molecule has 1 saturated heterocycles. The van der Waals surface area contributed by atoms with Crippen molar-refractivity contribution in [3.8, 4) is 0 Å². The Hall–Kier alpha value is -3.45. The Balaban J connectivity index is 1.25. The van der Waals surface area contributed by atoms with Gasteiger partial charge in [-0.3, -0.25) is 14.4 Å². The summed E-state index contributed by atoms with van der Waals surface area (Å²) < 4.78 is 5.14. The van der Waals surface area contributed by atoms with Gasteiger partial charge in [-0.25, -0.2) is 9.69 Å². The molecule has 3 amide bonds. The number of nitrogens with one attached hydrogen (secondary N) is 1. The Labute approximate surface area is 195 Å². The van der Waals surface area contributed by atoms with Crippen molar-refractivity contribution in [3.05, 3.63) is 70.8 Å². The minimum atomic E-state index is -0.726. The fourth-order valence-corrected chi connectivity index (χ4v) is 5.25. The van der Waals surface area contributed by atoms with Gasteiger partial charge in [0.1, 0.15) is 0 Å². The van der Waals surface area contributed by atoms with Crippen LogP contribution in [0.4, 0.5) is 11.4 Å². The molecule has 3 aliphatic rings. The summed E-state index contributed by atoms with van der Waals surface area (Å²) >= 11 is 6.05. The molecular weight excluding hydrogens is 444 g/mol. The number of benzene rings is 2. The third-order valence-corrected chi connectivity index (χ3v) is 7.10. The van der Waals surface area contributed by atoms with Crippen LogP contribution in [0.1, 0.15) is 22.3 Å². The molecule has 0 radical (unpaired) electrons. The van der Waals surface area contributed by atoms with E-state index in [1.807, 2.05) is 12.2 Å². The monoisotopic (exact) mass is 464 g/mol. The summed E-state index contributed by atoms with van der Waals surface area (Å²) in [6, 6.07) is 11.3. The molecule has 1 heterocycles. The van der Waals surface area contributed by atoms with E-state index in [2.05, 4.69) is 5.32 Å². The summed E-state index contributed by atoms with van der Waals surface area (Å²) in [5.74, 6) is -2.09. The van der Waals surface area contributed by atoms with Crippen LogP contribution in [-0.2, 0) is 19.1 Å². The molecule has 2 aromatic rings. The summed E-state index contributed by atoms with van der Waals surface area (Å²) in [7, 11) is 0. The second kappa shape index (κ2) is 8.15. The number of allylic oxidation sites excluding steroid dienone is 2. The number of anilines is 2. The highest BCUT2D eigenvalue weighted by molar-refractivity contribution is 6.31. The van der Waals surface area contributed by atoms with Gasteiger partial charge >= 0.3 is 5.97 Å². The molecule has 2 aliphatic carbocycles. The topological polar surface area (TPSA) is 92.8 Å². The lowest BCUT2D eigenvalue weighted by molar-refractivity contribution is -0.123. The quantitative estimate of drug-likeness (QED) is 0.413. The summed E-state index contributed by atoms with van der Waals surface area (Å²) in [5.41, 5.74) is 1.73. The van der Waals surface area contributed by atoms with Crippen molar-refractivity contribution in [2.24, 2.45) is 23.7 Å². The van der Waals surface area contributed by atoms with E-state index in [9.17, 15) is 19.2 Å². The smallest absolute Gasteiger partial charge is 0.338 e. The van der Waals surface area contributed by atoms with Crippen LogP contribution in [0.25, 0.3) is 0 Å². The van der Waals surface area contributed by atoms with Crippen molar-refractivity contribution < 1.29 is 23.9 Å². The first-order valence-electron chi connectivity index (χ1n) is 10.7. The maximum Gasteiger partial charge on any atom is 0.338 e. The number of rotatable bonds is 5. The second-order valence-corrected chi connectivity index (χ2v) is 9.01. The molecule has 4 atom stereocenters. The molecule has 0 aromatic heterocycles. The fourth-order valence-electron chi connectivity index (χ4n) is 5.07. The summed E-state index contributed by atoms with van der Waals surface area (Å²) in [6.07, 6.45) is 4.91. The van der Waals surface area contributed by atoms with Gasteiger partial charge in [0.05, 0.1) is 23.1 Å². The van der Waals surface area contributed by atoms with Crippen LogP contribution in [0.5, 0.6) is 0 Å². The molecule has 33 heavy (non-hydrogen) atoms. The fraction of sp³-hybridized carbons (Fsp3) is 0.280. The normalized spacial score (nSPS) is 24.8. The minimum absolute atomic E-state index is 0.108. The second-order valence-electron chi connectivity index (χ2n) is 8.60. The number of nitrogens with zero attached hydrogens (tertiary/aromatic N) is 1. The van der Waals surface area contributed by atoms with Gasteiger partial charge in [-0.05, 0) is 61.1 Å². The largest absolute Gasteiger partial charge is 0.452 e. The number of ether oxygens (including phenoxy) is 1. The van der Waals surface area contributed by atoms with Gasteiger partial charge in [0.15, 0.2) is 6.61 Å². The zero-order valence-corrected chi connectivity index (χ0v) is 18.5. The highest BCUT2D eigenvalue weighted by Crippen LogP contribution is 2.53.